The van der Waals surface area contributed by atoms with Gasteiger partial charge in [0.1, 0.15) is 0 Å². The first-order chi connectivity index (χ1) is 6.27. The van der Waals surface area contributed by atoms with Crippen LogP contribution in [0.1, 0.15) is 0 Å². The van der Waals surface area contributed by atoms with E-state index in [-0.39, 0.29) is 0 Å². The van der Waals surface area contributed by atoms with E-state index in [0.717, 1.165) is 15.8 Å². The number of benzene rings is 1. The lowest BCUT2D eigenvalue weighted by Crippen LogP contribution is -1.85. The molecular formula is C9H7BrN2O. The molecule has 0 aliphatic carbocycles. The molecule has 0 fully saturated rings. The number of oxazole rings is 1. The molecular weight excluding hydrogens is 232 g/mol. The Hall–Kier alpha value is -1.29. The lowest BCUT2D eigenvalue weighted by Gasteiger charge is -1.99. The Morgan fingerprint density at radius 2 is 2.23 bits per heavy atom. The summed E-state index contributed by atoms with van der Waals surface area (Å²) in [6, 6.07) is 5.61. The van der Waals surface area contributed by atoms with Crippen molar-refractivity contribution in [2.24, 2.45) is 0 Å². The van der Waals surface area contributed by atoms with Crippen LogP contribution in [0.5, 0.6) is 0 Å². The molecule has 0 unspecified atom stereocenters. The highest BCUT2D eigenvalue weighted by atomic mass is 79.9. The van der Waals surface area contributed by atoms with Crippen LogP contribution in [0.15, 0.2) is 39.7 Å². The third kappa shape index (κ3) is 1.58. The molecule has 66 valence electrons. The summed E-state index contributed by atoms with van der Waals surface area (Å²) in [6.07, 6.45) is 3.07. The van der Waals surface area contributed by atoms with Crippen molar-refractivity contribution in [2.45, 2.75) is 0 Å². The molecule has 4 heteroatoms. The molecule has 1 aromatic heterocycles. The fourth-order valence-electron chi connectivity index (χ4n) is 1.04. The molecule has 0 saturated carbocycles. The van der Waals surface area contributed by atoms with E-state index in [1.165, 1.54) is 6.39 Å². The number of nitrogen functional groups attached to an aromatic ring is 1. The Morgan fingerprint density at radius 3 is 2.85 bits per heavy atom. The summed E-state index contributed by atoms with van der Waals surface area (Å²) in [5, 5.41) is 0. The van der Waals surface area contributed by atoms with Gasteiger partial charge in [-0.2, -0.15) is 0 Å². The molecule has 0 radical (unpaired) electrons. The molecule has 0 saturated heterocycles. The molecule has 0 atom stereocenters. The maximum absolute atomic E-state index is 5.65. The van der Waals surface area contributed by atoms with Crippen molar-refractivity contribution in [1.82, 2.24) is 4.98 Å². The molecule has 2 rings (SSSR count). The zero-order valence-electron chi connectivity index (χ0n) is 6.70. The third-order valence-electron chi connectivity index (χ3n) is 1.72. The van der Waals surface area contributed by atoms with Crippen LogP contribution in [0.4, 0.5) is 5.69 Å². The normalized spacial score (nSPS) is 10.2. The highest BCUT2D eigenvalue weighted by Gasteiger charge is 2.02. The van der Waals surface area contributed by atoms with Crippen LogP contribution in [0.2, 0.25) is 0 Å². The second kappa shape index (κ2) is 3.22. The molecule has 0 amide bonds. The van der Waals surface area contributed by atoms with Gasteiger partial charge in [-0.15, -0.1) is 0 Å². The number of hydrogen-bond donors (Lipinski definition) is 1. The van der Waals surface area contributed by atoms with Gasteiger partial charge in [0.25, 0.3) is 0 Å². The molecule has 0 aliphatic heterocycles. The molecule has 0 aliphatic rings. The second-order valence-electron chi connectivity index (χ2n) is 2.60. The van der Waals surface area contributed by atoms with Crippen molar-refractivity contribution in [3.8, 4) is 11.3 Å². The van der Waals surface area contributed by atoms with Crippen molar-refractivity contribution < 1.29 is 4.42 Å². The number of nitrogens with zero attached hydrogens (tertiary/aromatic N) is 1. The minimum absolute atomic E-state index is 0.711. The Balaban J connectivity index is 2.49. The van der Waals surface area contributed by atoms with Gasteiger partial charge >= 0.3 is 0 Å². The van der Waals surface area contributed by atoms with Crippen LogP contribution in [0.3, 0.4) is 0 Å². The first-order valence-corrected chi connectivity index (χ1v) is 4.50. The minimum atomic E-state index is 0.711. The summed E-state index contributed by atoms with van der Waals surface area (Å²) >= 11 is 3.34. The van der Waals surface area contributed by atoms with E-state index < -0.39 is 0 Å². The fraction of sp³-hybridized carbons (Fsp3) is 0. The van der Waals surface area contributed by atoms with Gasteiger partial charge in [-0.3, -0.25) is 0 Å². The van der Waals surface area contributed by atoms with Gasteiger partial charge in [-0.1, -0.05) is 0 Å². The second-order valence-corrected chi connectivity index (χ2v) is 3.46. The van der Waals surface area contributed by atoms with Gasteiger partial charge in [0.05, 0.1) is 6.20 Å². The molecule has 2 aromatic rings. The van der Waals surface area contributed by atoms with Gasteiger partial charge < -0.3 is 10.2 Å². The van der Waals surface area contributed by atoms with E-state index in [1.54, 1.807) is 6.20 Å². The first-order valence-electron chi connectivity index (χ1n) is 3.71. The summed E-state index contributed by atoms with van der Waals surface area (Å²) < 4.78 is 6.00. The van der Waals surface area contributed by atoms with Crippen LogP contribution in [-0.4, -0.2) is 4.98 Å². The largest absolute Gasteiger partial charge is 0.444 e. The molecule has 0 spiro atoms. The summed E-state index contributed by atoms with van der Waals surface area (Å²) in [6.45, 7) is 0. The fourth-order valence-corrected chi connectivity index (χ4v) is 1.42. The number of halogens is 1. The quantitative estimate of drug-likeness (QED) is 0.778. The summed E-state index contributed by atoms with van der Waals surface area (Å²) in [5.74, 6) is 0.737. The van der Waals surface area contributed by atoms with Crippen LogP contribution in [0.25, 0.3) is 11.3 Å². The summed E-state index contributed by atoms with van der Waals surface area (Å²) in [7, 11) is 0. The average molecular weight is 239 g/mol. The van der Waals surface area contributed by atoms with E-state index in [2.05, 4.69) is 20.9 Å². The van der Waals surface area contributed by atoms with Crippen LogP contribution in [0, 0.1) is 0 Å². The van der Waals surface area contributed by atoms with Gasteiger partial charge in [0, 0.05) is 15.7 Å². The van der Waals surface area contributed by atoms with Crippen LogP contribution in [-0.2, 0) is 0 Å². The molecule has 1 aromatic carbocycles. The zero-order chi connectivity index (χ0) is 9.26. The lowest BCUT2D eigenvalue weighted by molar-refractivity contribution is 0.572. The van der Waals surface area contributed by atoms with Crippen molar-refractivity contribution in [1.29, 1.82) is 0 Å². The number of hydrogen-bond acceptors (Lipinski definition) is 3. The molecule has 2 N–H and O–H groups in total. The number of anilines is 1. The standard InChI is InChI=1S/C9H7BrN2O/c10-7-3-6(1-2-8(7)11)9-4-12-5-13-9/h1-5H,11H2. The summed E-state index contributed by atoms with van der Waals surface area (Å²) in [5.41, 5.74) is 7.32. The van der Waals surface area contributed by atoms with E-state index in [1.807, 2.05) is 18.2 Å². The van der Waals surface area contributed by atoms with E-state index in [4.69, 9.17) is 10.2 Å². The monoisotopic (exact) mass is 238 g/mol. The maximum Gasteiger partial charge on any atom is 0.181 e. The van der Waals surface area contributed by atoms with E-state index >= 15 is 0 Å². The summed E-state index contributed by atoms with van der Waals surface area (Å²) in [4.78, 5) is 3.84. The highest BCUT2D eigenvalue weighted by molar-refractivity contribution is 9.10. The number of aromatic nitrogens is 1. The molecule has 13 heavy (non-hydrogen) atoms. The third-order valence-corrected chi connectivity index (χ3v) is 2.40. The van der Waals surface area contributed by atoms with Gasteiger partial charge in [-0.05, 0) is 34.1 Å². The van der Waals surface area contributed by atoms with E-state index in [9.17, 15) is 0 Å². The molecule has 0 bridgehead atoms. The molecule has 1 heterocycles. The maximum atomic E-state index is 5.65. The van der Waals surface area contributed by atoms with Crippen molar-refractivity contribution >= 4 is 21.6 Å². The van der Waals surface area contributed by atoms with Gasteiger partial charge in [-0.25, -0.2) is 4.98 Å². The number of rotatable bonds is 1. The lowest BCUT2D eigenvalue weighted by atomic mass is 10.2. The zero-order valence-corrected chi connectivity index (χ0v) is 8.28. The van der Waals surface area contributed by atoms with Gasteiger partial charge in [0.15, 0.2) is 12.2 Å². The smallest absolute Gasteiger partial charge is 0.181 e. The van der Waals surface area contributed by atoms with Gasteiger partial charge in [0.2, 0.25) is 0 Å². The SMILES string of the molecule is Nc1ccc(-c2cnco2)cc1Br. The van der Waals surface area contributed by atoms with Crippen molar-refractivity contribution in [2.75, 3.05) is 5.73 Å². The van der Waals surface area contributed by atoms with Crippen molar-refractivity contribution in [3.63, 3.8) is 0 Å². The Bertz CT molecular complexity index is 412. The predicted octanol–water partition coefficient (Wildman–Crippen LogP) is 2.69. The minimum Gasteiger partial charge on any atom is -0.444 e. The van der Waals surface area contributed by atoms with Crippen LogP contribution < -0.4 is 5.73 Å². The Labute approximate surface area is 83.7 Å². The highest BCUT2D eigenvalue weighted by Crippen LogP contribution is 2.26. The topological polar surface area (TPSA) is 52.0 Å². The number of nitrogens with two attached hydrogens (primary N) is 1. The predicted molar refractivity (Wildman–Crippen MR) is 54.1 cm³/mol. The van der Waals surface area contributed by atoms with Crippen molar-refractivity contribution in [3.05, 3.63) is 35.3 Å². The Morgan fingerprint density at radius 1 is 1.38 bits per heavy atom. The Kier molecular flexibility index (Phi) is 2.06. The average Bonchev–Trinajstić information content (AvgIpc) is 2.62. The van der Waals surface area contributed by atoms with Crippen LogP contribution >= 0.6 is 15.9 Å². The first kappa shape index (κ1) is 8.31. The molecule has 3 nitrogen and oxygen atoms in total. The van der Waals surface area contributed by atoms with E-state index in [0.29, 0.717) is 5.69 Å².